The third-order valence-electron chi connectivity index (χ3n) is 3.85. The first kappa shape index (κ1) is 14.7. The number of alkyl halides is 2. The molecule has 2 rings (SSSR count). The predicted octanol–water partition coefficient (Wildman–Crippen LogP) is 4.17. The fraction of sp³-hybridized carbons (Fsp3) is 0.571. The maximum Gasteiger partial charge on any atom is 0.248 e. The molecule has 1 saturated carbocycles. The van der Waals surface area contributed by atoms with Crippen molar-refractivity contribution >= 4 is 11.6 Å². The quantitative estimate of drug-likeness (QED) is 0.888. The summed E-state index contributed by atoms with van der Waals surface area (Å²) in [6.07, 6.45) is 1.04. The van der Waals surface area contributed by atoms with Gasteiger partial charge in [0, 0.05) is 18.9 Å². The van der Waals surface area contributed by atoms with E-state index in [1.54, 1.807) is 12.1 Å². The minimum absolute atomic E-state index is 0.0546. The van der Waals surface area contributed by atoms with Crippen molar-refractivity contribution in [2.24, 2.45) is 11.7 Å². The van der Waals surface area contributed by atoms with E-state index < -0.39 is 11.7 Å². The van der Waals surface area contributed by atoms with Crippen LogP contribution in [0.4, 0.5) is 13.2 Å². The zero-order chi connectivity index (χ0) is 14.0. The third kappa shape index (κ3) is 3.63. The molecule has 2 N–H and O–H groups in total. The number of hydrogen-bond acceptors (Lipinski definition) is 1. The third-order valence-corrected chi connectivity index (χ3v) is 4.28. The van der Waals surface area contributed by atoms with Gasteiger partial charge in [0.1, 0.15) is 5.82 Å². The van der Waals surface area contributed by atoms with Crippen LogP contribution in [0.1, 0.15) is 31.2 Å². The molecule has 1 aromatic carbocycles. The van der Waals surface area contributed by atoms with Crippen LogP contribution in [0.15, 0.2) is 18.2 Å². The van der Waals surface area contributed by atoms with Crippen molar-refractivity contribution in [3.8, 4) is 0 Å². The SMILES string of the molecule is NC(Cc1cccc(F)c1Cl)C1CCC(F)(F)CC1. The summed E-state index contributed by atoms with van der Waals surface area (Å²) >= 11 is 5.87. The van der Waals surface area contributed by atoms with Gasteiger partial charge in [-0.25, -0.2) is 13.2 Å². The van der Waals surface area contributed by atoms with Crippen LogP contribution in [0.5, 0.6) is 0 Å². The molecule has 0 amide bonds. The van der Waals surface area contributed by atoms with Gasteiger partial charge >= 0.3 is 0 Å². The Bertz CT molecular complexity index is 440. The summed E-state index contributed by atoms with van der Waals surface area (Å²) in [6, 6.07) is 4.34. The summed E-state index contributed by atoms with van der Waals surface area (Å²) in [5.74, 6) is -2.97. The smallest absolute Gasteiger partial charge is 0.248 e. The molecule has 1 unspecified atom stereocenters. The second kappa shape index (κ2) is 5.71. The van der Waals surface area contributed by atoms with E-state index in [0.29, 0.717) is 24.8 Å². The molecule has 1 fully saturated rings. The van der Waals surface area contributed by atoms with Crippen molar-refractivity contribution in [3.63, 3.8) is 0 Å². The summed E-state index contributed by atoms with van der Waals surface area (Å²) in [7, 11) is 0. The molecule has 5 heteroatoms. The lowest BCUT2D eigenvalue weighted by molar-refractivity contribution is -0.0481. The van der Waals surface area contributed by atoms with Crippen LogP contribution in [-0.4, -0.2) is 12.0 Å². The van der Waals surface area contributed by atoms with E-state index in [1.165, 1.54) is 6.07 Å². The van der Waals surface area contributed by atoms with Gasteiger partial charge in [-0.3, -0.25) is 0 Å². The van der Waals surface area contributed by atoms with Crippen LogP contribution in [-0.2, 0) is 6.42 Å². The lowest BCUT2D eigenvalue weighted by Gasteiger charge is -2.32. The van der Waals surface area contributed by atoms with Crippen molar-refractivity contribution in [3.05, 3.63) is 34.6 Å². The van der Waals surface area contributed by atoms with E-state index in [0.717, 1.165) is 0 Å². The van der Waals surface area contributed by atoms with E-state index in [4.69, 9.17) is 17.3 Å². The van der Waals surface area contributed by atoms with Crippen LogP contribution in [0.3, 0.4) is 0 Å². The summed E-state index contributed by atoms with van der Waals surface area (Å²) in [5.41, 5.74) is 6.71. The van der Waals surface area contributed by atoms with Gasteiger partial charge in [0.2, 0.25) is 5.92 Å². The molecule has 0 heterocycles. The van der Waals surface area contributed by atoms with Crippen molar-refractivity contribution in [2.45, 2.75) is 44.1 Å². The minimum atomic E-state index is -2.55. The average Bonchev–Trinajstić information content (AvgIpc) is 2.35. The Labute approximate surface area is 115 Å². The topological polar surface area (TPSA) is 26.0 Å². The van der Waals surface area contributed by atoms with Crippen LogP contribution < -0.4 is 5.73 Å². The molecular formula is C14H17ClF3N. The Morgan fingerprint density at radius 2 is 1.95 bits per heavy atom. The second-order valence-electron chi connectivity index (χ2n) is 5.27. The maximum absolute atomic E-state index is 13.3. The highest BCUT2D eigenvalue weighted by atomic mass is 35.5. The van der Waals surface area contributed by atoms with Gasteiger partial charge in [-0.05, 0) is 36.8 Å². The molecule has 0 aromatic heterocycles. The summed E-state index contributed by atoms with van der Waals surface area (Å²) in [5, 5.41) is 0.0825. The summed E-state index contributed by atoms with van der Waals surface area (Å²) in [6.45, 7) is 0. The largest absolute Gasteiger partial charge is 0.327 e. The average molecular weight is 292 g/mol. The highest BCUT2D eigenvalue weighted by Gasteiger charge is 2.36. The molecule has 106 valence electrons. The maximum atomic E-state index is 13.3. The van der Waals surface area contributed by atoms with E-state index in [-0.39, 0.29) is 29.8 Å². The summed E-state index contributed by atoms with van der Waals surface area (Å²) < 4.78 is 39.4. The minimum Gasteiger partial charge on any atom is -0.327 e. The number of rotatable bonds is 3. The fourth-order valence-electron chi connectivity index (χ4n) is 2.62. The molecular weight excluding hydrogens is 275 g/mol. The first-order chi connectivity index (χ1) is 8.89. The van der Waals surface area contributed by atoms with Crippen molar-refractivity contribution in [1.82, 2.24) is 0 Å². The Morgan fingerprint density at radius 3 is 2.58 bits per heavy atom. The van der Waals surface area contributed by atoms with Crippen LogP contribution in [0.2, 0.25) is 5.02 Å². The highest BCUT2D eigenvalue weighted by Crippen LogP contribution is 2.37. The van der Waals surface area contributed by atoms with E-state index >= 15 is 0 Å². The molecule has 1 aliphatic rings. The first-order valence-corrected chi connectivity index (χ1v) is 6.83. The van der Waals surface area contributed by atoms with Crippen molar-refractivity contribution in [2.75, 3.05) is 0 Å². The van der Waals surface area contributed by atoms with Crippen molar-refractivity contribution < 1.29 is 13.2 Å². The standard InChI is InChI=1S/C14H17ClF3N/c15-13-10(2-1-3-11(13)16)8-12(19)9-4-6-14(17,18)7-5-9/h1-3,9,12H,4-8,19H2. The van der Waals surface area contributed by atoms with Gasteiger partial charge in [0.25, 0.3) is 0 Å². The molecule has 1 aromatic rings. The number of hydrogen-bond donors (Lipinski definition) is 1. The van der Waals surface area contributed by atoms with Gasteiger partial charge in [-0.2, -0.15) is 0 Å². The van der Waals surface area contributed by atoms with Gasteiger partial charge in [0.15, 0.2) is 0 Å². The molecule has 0 aliphatic heterocycles. The first-order valence-electron chi connectivity index (χ1n) is 6.45. The number of halogens is 4. The van der Waals surface area contributed by atoms with Gasteiger partial charge in [0.05, 0.1) is 5.02 Å². The van der Waals surface area contributed by atoms with E-state index in [1.807, 2.05) is 0 Å². The number of nitrogens with two attached hydrogens (primary N) is 1. The fourth-order valence-corrected chi connectivity index (χ4v) is 2.82. The monoisotopic (exact) mass is 291 g/mol. The Kier molecular flexibility index (Phi) is 4.41. The molecule has 1 atom stereocenters. The molecule has 1 aliphatic carbocycles. The molecule has 0 radical (unpaired) electrons. The number of benzene rings is 1. The lowest BCUT2D eigenvalue weighted by atomic mass is 9.80. The Balaban J connectivity index is 1.98. The predicted molar refractivity (Wildman–Crippen MR) is 70.0 cm³/mol. The Morgan fingerprint density at radius 1 is 1.32 bits per heavy atom. The van der Waals surface area contributed by atoms with Crippen molar-refractivity contribution in [1.29, 1.82) is 0 Å². The van der Waals surface area contributed by atoms with Gasteiger partial charge in [-0.15, -0.1) is 0 Å². The molecule has 0 saturated heterocycles. The van der Waals surface area contributed by atoms with E-state index in [9.17, 15) is 13.2 Å². The molecule has 1 nitrogen and oxygen atoms in total. The molecule has 0 bridgehead atoms. The van der Waals surface area contributed by atoms with Crippen LogP contribution in [0, 0.1) is 11.7 Å². The molecule has 0 spiro atoms. The normalized spacial score (nSPS) is 21.3. The van der Waals surface area contributed by atoms with Gasteiger partial charge < -0.3 is 5.73 Å². The van der Waals surface area contributed by atoms with Crippen LogP contribution >= 0.6 is 11.6 Å². The molecule has 19 heavy (non-hydrogen) atoms. The Hall–Kier alpha value is -0.740. The zero-order valence-corrected chi connectivity index (χ0v) is 11.3. The van der Waals surface area contributed by atoms with Gasteiger partial charge in [-0.1, -0.05) is 23.7 Å². The van der Waals surface area contributed by atoms with Crippen LogP contribution in [0.25, 0.3) is 0 Å². The summed E-state index contributed by atoms with van der Waals surface area (Å²) in [4.78, 5) is 0. The second-order valence-corrected chi connectivity index (χ2v) is 5.65. The van der Waals surface area contributed by atoms with E-state index in [2.05, 4.69) is 0 Å². The highest BCUT2D eigenvalue weighted by molar-refractivity contribution is 6.31. The lowest BCUT2D eigenvalue weighted by Crippen LogP contribution is -2.37. The zero-order valence-electron chi connectivity index (χ0n) is 10.5.